The number of aliphatic hydroxyl groups excluding tert-OH is 1. The molecule has 0 unspecified atom stereocenters. The molecule has 0 bridgehead atoms. The third kappa shape index (κ3) is 3.25. The highest BCUT2D eigenvalue weighted by Crippen LogP contribution is 2.28. The van der Waals surface area contributed by atoms with Gasteiger partial charge in [-0.15, -0.1) is 11.3 Å². The minimum atomic E-state index is -0.114. The summed E-state index contributed by atoms with van der Waals surface area (Å²) in [4.78, 5) is 15.5. The molecule has 0 aliphatic carbocycles. The molecule has 124 valence electrons. The van der Waals surface area contributed by atoms with Crippen molar-refractivity contribution < 1.29 is 9.90 Å². The second-order valence-corrected chi connectivity index (χ2v) is 6.20. The third-order valence-electron chi connectivity index (χ3n) is 3.76. The summed E-state index contributed by atoms with van der Waals surface area (Å²) in [6.07, 6.45) is 1.77. The monoisotopic (exact) mass is 341 g/mol. The number of carbonyl (C=O) groups is 1. The molecule has 0 aliphatic heterocycles. The molecule has 1 aromatic carbocycles. The summed E-state index contributed by atoms with van der Waals surface area (Å²) >= 11 is 1.55. The number of thiophene rings is 1. The molecule has 0 radical (unpaired) electrons. The predicted octanol–water partition coefficient (Wildman–Crippen LogP) is 3.06. The Morgan fingerprint density at radius 1 is 1.25 bits per heavy atom. The maximum absolute atomic E-state index is 12.9. The van der Waals surface area contributed by atoms with Crippen LogP contribution in [0.5, 0.6) is 0 Å². The molecule has 5 nitrogen and oxygen atoms in total. The van der Waals surface area contributed by atoms with Crippen LogP contribution in [0, 0.1) is 0 Å². The number of likely N-dealkylation sites (N-methyl/N-ethyl adjacent to an activating group) is 1. The zero-order valence-electron chi connectivity index (χ0n) is 13.4. The normalized spacial score (nSPS) is 10.8. The van der Waals surface area contributed by atoms with Crippen LogP contribution in [0.2, 0.25) is 0 Å². The number of aliphatic hydroxyl groups is 1. The summed E-state index contributed by atoms with van der Waals surface area (Å²) < 4.78 is 1.73. The molecule has 2 heterocycles. The molecule has 1 N–H and O–H groups in total. The fourth-order valence-electron chi connectivity index (χ4n) is 2.53. The van der Waals surface area contributed by atoms with Crippen LogP contribution in [-0.4, -0.2) is 45.4 Å². The summed E-state index contributed by atoms with van der Waals surface area (Å²) in [6.45, 7) is 2.70. The van der Waals surface area contributed by atoms with Crippen molar-refractivity contribution in [1.82, 2.24) is 14.7 Å². The van der Waals surface area contributed by atoms with Gasteiger partial charge in [-0.2, -0.15) is 5.10 Å². The molecule has 1 amide bonds. The summed E-state index contributed by atoms with van der Waals surface area (Å²) in [7, 11) is 0. The lowest BCUT2D eigenvalue weighted by Crippen LogP contribution is -2.33. The molecule has 2 aromatic heterocycles. The third-order valence-corrected chi connectivity index (χ3v) is 4.64. The highest BCUT2D eigenvalue weighted by Gasteiger charge is 2.23. The Morgan fingerprint density at radius 3 is 2.67 bits per heavy atom. The lowest BCUT2D eigenvalue weighted by Gasteiger charge is -2.19. The Morgan fingerprint density at radius 2 is 2.04 bits per heavy atom. The number of rotatable bonds is 6. The Labute approximate surface area is 144 Å². The van der Waals surface area contributed by atoms with E-state index in [1.165, 1.54) is 0 Å². The molecular weight excluding hydrogens is 322 g/mol. The first-order chi connectivity index (χ1) is 11.7. The Kier molecular flexibility index (Phi) is 5.08. The van der Waals surface area contributed by atoms with Crippen molar-refractivity contribution >= 4 is 17.2 Å². The number of nitrogens with zero attached hydrogens (tertiary/aromatic N) is 3. The molecule has 3 rings (SSSR count). The smallest absolute Gasteiger partial charge is 0.257 e. The predicted molar refractivity (Wildman–Crippen MR) is 95.5 cm³/mol. The van der Waals surface area contributed by atoms with Gasteiger partial charge in [0, 0.05) is 19.3 Å². The zero-order chi connectivity index (χ0) is 16.9. The van der Waals surface area contributed by atoms with Crippen molar-refractivity contribution in [1.29, 1.82) is 0 Å². The fraction of sp³-hybridized carbons (Fsp3) is 0.222. The molecular formula is C18H19N3O2S. The Hall–Kier alpha value is -2.44. The summed E-state index contributed by atoms with van der Waals surface area (Å²) in [5.41, 5.74) is 2.13. The van der Waals surface area contributed by atoms with Crippen LogP contribution in [0.25, 0.3) is 16.3 Å². The molecule has 24 heavy (non-hydrogen) atoms. The number of hydrogen-bond acceptors (Lipinski definition) is 4. The van der Waals surface area contributed by atoms with Crippen LogP contribution in [0.1, 0.15) is 17.3 Å². The van der Waals surface area contributed by atoms with Gasteiger partial charge in [0.05, 0.1) is 22.7 Å². The van der Waals surface area contributed by atoms with E-state index in [1.807, 2.05) is 54.8 Å². The standard InChI is InChI=1S/C18H19N3O2S/c1-2-20(10-11-22)18(23)15-13-21(14-7-4-3-5-8-14)19-17(15)16-9-6-12-24-16/h3-9,12-13,22H,2,10-11H2,1H3. The molecule has 0 atom stereocenters. The average molecular weight is 341 g/mol. The highest BCUT2D eigenvalue weighted by molar-refractivity contribution is 7.13. The maximum atomic E-state index is 12.9. The topological polar surface area (TPSA) is 58.4 Å². The van der Waals surface area contributed by atoms with E-state index in [4.69, 9.17) is 0 Å². The summed E-state index contributed by atoms with van der Waals surface area (Å²) in [5.74, 6) is -0.114. The average Bonchev–Trinajstić information content (AvgIpc) is 3.29. The fourth-order valence-corrected chi connectivity index (χ4v) is 3.26. The lowest BCUT2D eigenvalue weighted by atomic mass is 10.2. The Bertz CT molecular complexity index is 797. The van der Waals surface area contributed by atoms with Gasteiger partial charge in [-0.1, -0.05) is 24.3 Å². The van der Waals surface area contributed by atoms with Crippen LogP contribution in [-0.2, 0) is 0 Å². The van der Waals surface area contributed by atoms with E-state index in [0.29, 0.717) is 24.3 Å². The van der Waals surface area contributed by atoms with E-state index in [-0.39, 0.29) is 12.5 Å². The first-order valence-electron chi connectivity index (χ1n) is 7.83. The van der Waals surface area contributed by atoms with Crippen molar-refractivity contribution in [3.05, 3.63) is 59.6 Å². The highest BCUT2D eigenvalue weighted by atomic mass is 32.1. The van der Waals surface area contributed by atoms with E-state index >= 15 is 0 Å². The number of aromatic nitrogens is 2. The van der Waals surface area contributed by atoms with Gasteiger partial charge >= 0.3 is 0 Å². The van der Waals surface area contributed by atoms with E-state index in [0.717, 1.165) is 10.6 Å². The molecule has 0 saturated carbocycles. The van der Waals surface area contributed by atoms with Gasteiger partial charge in [0.25, 0.3) is 5.91 Å². The minimum absolute atomic E-state index is 0.0548. The van der Waals surface area contributed by atoms with Crippen LogP contribution in [0.4, 0.5) is 0 Å². The SMILES string of the molecule is CCN(CCO)C(=O)c1cn(-c2ccccc2)nc1-c1cccs1. The van der Waals surface area contributed by atoms with Gasteiger partial charge in [0.2, 0.25) is 0 Å². The van der Waals surface area contributed by atoms with Gasteiger partial charge in [-0.25, -0.2) is 4.68 Å². The number of amides is 1. The number of para-hydroxylation sites is 1. The van der Waals surface area contributed by atoms with Crippen LogP contribution < -0.4 is 0 Å². The van der Waals surface area contributed by atoms with Crippen LogP contribution in [0.3, 0.4) is 0 Å². The molecule has 0 aliphatic rings. The van der Waals surface area contributed by atoms with Crippen molar-refractivity contribution in [2.24, 2.45) is 0 Å². The molecule has 6 heteroatoms. The number of carbonyl (C=O) groups excluding carboxylic acids is 1. The first kappa shape index (κ1) is 16.4. The summed E-state index contributed by atoms with van der Waals surface area (Å²) in [6, 6.07) is 13.6. The van der Waals surface area contributed by atoms with Crippen LogP contribution in [0.15, 0.2) is 54.0 Å². The van der Waals surface area contributed by atoms with E-state index in [1.54, 1.807) is 27.1 Å². The Balaban J connectivity index is 2.06. The lowest BCUT2D eigenvalue weighted by molar-refractivity contribution is 0.0733. The van der Waals surface area contributed by atoms with Crippen molar-refractivity contribution in [2.75, 3.05) is 19.7 Å². The van der Waals surface area contributed by atoms with Gasteiger partial charge in [0.15, 0.2) is 0 Å². The largest absolute Gasteiger partial charge is 0.395 e. The first-order valence-corrected chi connectivity index (χ1v) is 8.71. The van der Waals surface area contributed by atoms with Crippen molar-refractivity contribution in [3.8, 4) is 16.3 Å². The van der Waals surface area contributed by atoms with E-state index in [2.05, 4.69) is 5.10 Å². The summed E-state index contributed by atoms with van der Waals surface area (Å²) in [5, 5.41) is 15.8. The van der Waals surface area contributed by atoms with Gasteiger partial charge in [0.1, 0.15) is 5.69 Å². The minimum Gasteiger partial charge on any atom is -0.395 e. The van der Waals surface area contributed by atoms with E-state index < -0.39 is 0 Å². The molecule has 0 spiro atoms. The van der Waals surface area contributed by atoms with Gasteiger partial charge < -0.3 is 10.0 Å². The van der Waals surface area contributed by atoms with Gasteiger partial charge in [-0.3, -0.25) is 4.79 Å². The van der Waals surface area contributed by atoms with Gasteiger partial charge in [-0.05, 0) is 30.5 Å². The van der Waals surface area contributed by atoms with Crippen molar-refractivity contribution in [3.63, 3.8) is 0 Å². The number of hydrogen-bond donors (Lipinski definition) is 1. The zero-order valence-corrected chi connectivity index (χ0v) is 14.2. The second-order valence-electron chi connectivity index (χ2n) is 5.26. The van der Waals surface area contributed by atoms with Crippen molar-refractivity contribution in [2.45, 2.75) is 6.92 Å². The number of benzene rings is 1. The molecule has 3 aromatic rings. The molecule has 0 fully saturated rings. The maximum Gasteiger partial charge on any atom is 0.257 e. The van der Waals surface area contributed by atoms with E-state index in [9.17, 15) is 9.90 Å². The second kappa shape index (κ2) is 7.42. The molecule has 0 saturated heterocycles. The quantitative estimate of drug-likeness (QED) is 0.750. The van der Waals surface area contributed by atoms with Crippen LogP contribution >= 0.6 is 11.3 Å².